The number of hydrogen-bond acceptors (Lipinski definition) is 12. The number of nitrogens with one attached hydrogen (secondary N) is 2. The first kappa shape index (κ1) is 35.6. The van der Waals surface area contributed by atoms with Gasteiger partial charge in [0.1, 0.15) is 12.4 Å². The lowest BCUT2D eigenvalue weighted by Crippen LogP contribution is -2.49. The molecule has 278 valence electrons. The highest BCUT2D eigenvalue weighted by Gasteiger charge is 2.28. The van der Waals surface area contributed by atoms with Gasteiger partial charge in [0.25, 0.3) is 0 Å². The summed E-state index contributed by atoms with van der Waals surface area (Å²) in [7, 11) is 1.64. The third-order valence-corrected chi connectivity index (χ3v) is 12.0. The van der Waals surface area contributed by atoms with Crippen LogP contribution in [0.2, 0.25) is 0 Å². The number of piperazine rings is 1. The van der Waals surface area contributed by atoms with Crippen LogP contribution in [0.5, 0.6) is 0 Å². The van der Waals surface area contributed by atoms with Crippen molar-refractivity contribution in [2.75, 3.05) is 68.0 Å². The minimum atomic E-state index is -0.302. The molecule has 5 aromatic rings. The Morgan fingerprint density at radius 1 is 0.981 bits per heavy atom. The molecule has 1 aliphatic carbocycles. The van der Waals surface area contributed by atoms with Crippen molar-refractivity contribution in [1.29, 1.82) is 5.26 Å². The summed E-state index contributed by atoms with van der Waals surface area (Å²) in [5.74, 6) is 0.321. The first-order chi connectivity index (χ1) is 26.5. The zero-order valence-electron chi connectivity index (χ0n) is 30.5. The van der Waals surface area contributed by atoms with Gasteiger partial charge in [-0.15, -0.1) is 10.2 Å². The lowest BCUT2D eigenvalue weighted by Gasteiger charge is -2.39. The van der Waals surface area contributed by atoms with E-state index in [0.29, 0.717) is 30.4 Å². The fourth-order valence-electron chi connectivity index (χ4n) is 7.68. The maximum absolute atomic E-state index is 12.4. The summed E-state index contributed by atoms with van der Waals surface area (Å²) in [5, 5.41) is 31.3. The number of benzene rings is 1. The third-order valence-electron chi connectivity index (χ3n) is 10.9. The lowest BCUT2D eigenvalue weighted by molar-refractivity contribution is -0.122. The average Bonchev–Trinajstić information content (AvgIpc) is 3.71. The SMILES string of the molecule is CNC(=O)C(CCC=O)c1ccc(N2CCC(CN3CCN(c4nnc(-c5cnc(-c6ccc7cc(C#N)cnn67)cc5NC5CC5)s4)CC3)CC2)cc1. The summed E-state index contributed by atoms with van der Waals surface area (Å²) in [6.07, 6.45) is 9.86. The van der Waals surface area contributed by atoms with Gasteiger partial charge in [0.15, 0.2) is 5.01 Å². The maximum atomic E-state index is 12.4. The van der Waals surface area contributed by atoms with Gasteiger partial charge in [-0.05, 0) is 80.0 Å². The Morgan fingerprint density at radius 3 is 2.50 bits per heavy atom. The Kier molecular flexibility index (Phi) is 10.5. The number of hydrogen-bond donors (Lipinski definition) is 2. The monoisotopic (exact) mass is 743 g/mol. The topological polar surface area (TPSA) is 148 Å². The summed E-state index contributed by atoms with van der Waals surface area (Å²) in [4.78, 5) is 35.6. The van der Waals surface area contributed by atoms with Crippen molar-refractivity contribution >= 4 is 45.6 Å². The molecular weight excluding hydrogens is 699 g/mol. The van der Waals surface area contributed by atoms with E-state index in [1.807, 2.05) is 41.0 Å². The molecule has 3 fully saturated rings. The van der Waals surface area contributed by atoms with Crippen molar-refractivity contribution in [3.05, 3.63) is 72.1 Å². The van der Waals surface area contributed by atoms with Gasteiger partial charge in [-0.3, -0.25) is 14.7 Å². The van der Waals surface area contributed by atoms with Crippen LogP contribution >= 0.6 is 11.3 Å². The Bertz CT molecular complexity index is 2140. The minimum absolute atomic E-state index is 0.0480. The number of likely N-dealkylation sites (N-methyl/N-ethyl adjacent to an activating group) is 1. The van der Waals surface area contributed by atoms with Gasteiger partial charge in [0, 0.05) is 82.9 Å². The van der Waals surface area contributed by atoms with Gasteiger partial charge in [0.2, 0.25) is 11.0 Å². The highest BCUT2D eigenvalue weighted by atomic mass is 32.1. The van der Waals surface area contributed by atoms with Gasteiger partial charge in [-0.25, -0.2) is 4.52 Å². The number of carbonyl (C=O) groups excluding carboxylic acids is 2. The zero-order valence-corrected chi connectivity index (χ0v) is 31.3. The van der Waals surface area contributed by atoms with E-state index in [1.54, 1.807) is 24.6 Å². The van der Waals surface area contributed by atoms with Gasteiger partial charge in [-0.1, -0.05) is 23.5 Å². The van der Waals surface area contributed by atoms with Crippen molar-refractivity contribution in [2.45, 2.75) is 50.5 Å². The van der Waals surface area contributed by atoms with Crippen LogP contribution in [-0.2, 0) is 9.59 Å². The summed E-state index contributed by atoms with van der Waals surface area (Å²) in [6, 6.07) is 18.8. The Hall–Kier alpha value is -5.39. The average molecular weight is 744 g/mol. The lowest BCUT2D eigenvalue weighted by atomic mass is 9.92. The molecule has 0 spiro atoms. The van der Waals surface area contributed by atoms with E-state index in [-0.39, 0.29) is 11.8 Å². The van der Waals surface area contributed by atoms with E-state index in [9.17, 15) is 14.9 Å². The van der Waals surface area contributed by atoms with Crippen LogP contribution < -0.4 is 20.4 Å². The number of nitriles is 1. The number of rotatable bonds is 13. The molecule has 0 radical (unpaired) electrons. The van der Waals surface area contributed by atoms with E-state index in [0.717, 1.165) is 122 Å². The first-order valence-electron chi connectivity index (χ1n) is 19.0. The van der Waals surface area contributed by atoms with Gasteiger partial charge in [0.05, 0.1) is 40.1 Å². The number of carbonyl (C=O) groups is 2. The maximum Gasteiger partial charge on any atom is 0.227 e. The number of nitrogens with zero attached hydrogens (tertiary/aromatic N) is 9. The van der Waals surface area contributed by atoms with Crippen LogP contribution in [-0.4, -0.2) is 101 Å². The van der Waals surface area contributed by atoms with Crippen molar-refractivity contribution in [1.82, 2.24) is 35.0 Å². The van der Waals surface area contributed by atoms with Crippen LogP contribution in [0.3, 0.4) is 0 Å². The molecule has 2 saturated heterocycles. The molecule has 3 aliphatic rings. The number of amides is 1. The Labute approximate surface area is 319 Å². The summed E-state index contributed by atoms with van der Waals surface area (Å²) < 4.78 is 1.82. The quantitative estimate of drug-likeness (QED) is 0.153. The zero-order chi connectivity index (χ0) is 37.0. The molecule has 13 nitrogen and oxygen atoms in total. The Morgan fingerprint density at radius 2 is 1.78 bits per heavy atom. The van der Waals surface area contributed by atoms with E-state index in [4.69, 9.17) is 4.98 Å². The largest absolute Gasteiger partial charge is 0.382 e. The highest BCUT2D eigenvalue weighted by Crippen LogP contribution is 2.38. The van der Waals surface area contributed by atoms with Crippen LogP contribution in [0.25, 0.3) is 27.5 Å². The summed E-state index contributed by atoms with van der Waals surface area (Å²) in [5.41, 5.74) is 7.17. The molecule has 2 aliphatic heterocycles. The minimum Gasteiger partial charge on any atom is -0.382 e. The molecule has 1 unspecified atom stereocenters. The van der Waals surface area contributed by atoms with Gasteiger partial charge in [-0.2, -0.15) is 10.4 Å². The molecule has 4 aromatic heterocycles. The molecular formula is C40H45N11O2S. The van der Waals surface area contributed by atoms with E-state index < -0.39 is 0 Å². The molecule has 1 atom stereocenters. The number of aromatic nitrogens is 5. The highest BCUT2D eigenvalue weighted by molar-refractivity contribution is 7.18. The van der Waals surface area contributed by atoms with Crippen LogP contribution in [0.15, 0.2) is 60.9 Å². The predicted molar refractivity (Wildman–Crippen MR) is 211 cm³/mol. The molecule has 1 aromatic carbocycles. The number of fused-ring (bicyclic) bond motifs is 1. The van der Waals surface area contributed by atoms with Gasteiger partial charge < -0.3 is 25.2 Å². The van der Waals surface area contributed by atoms with E-state index >= 15 is 0 Å². The normalized spacial score (nSPS) is 17.3. The number of pyridine rings is 1. The number of anilines is 3. The van der Waals surface area contributed by atoms with Crippen LogP contribution in [0, 0.1) is 17.2 Å². The van der Waals surface area contributed by atoms with Crippen molar-refractivity contribution in [2.24, 2.45) is 5.92 Å². The smallest absolute Gasteiger partial charge is 0.227 e. The summed E-state index contributed by atoms with van der Waals surface area (Å²) in [6.45, 7) is 7.03. The first-order valence-corrected chi connectivity index (χ1v) is 19.8. The Balaban J connectivity index is 0.852. The van der Waals surface area contributed by atoms with Crippen molar-refractivity contribution < 1.29 is 9.59 Å². The number of aldehydes is 1. The second-order valence-corrected chi connectivity index (χ2v) is 15.5. The molecule has 6 heterocycles. The van der Waals surface area contributed by atoms with Crippen molar-refractivity contribution in [3.63, 3.8) is 0 Å². The fourth-order valence-corrected chi connectivity index (χ4v) is 8.60. The summed E-state index contributed by atoms with van der Waals surface area (Å²) >= 11 is 1.63. The standard InChI is InChI=1S/C40H45N11O2S/c1-42-38(53)33(3-2-20-52)29-4-8-31(9-5-29)49-14-12-27(13-15-49)26-48-16-18-50(19-17-48)40-47-46-39(54-40)34-25-43-36(22-35(34)45-30-6-7-30)37-11-10-32-21-28(23-41)24-44-51(32)37/h4-5,8-11,20-22,24-25,27,30,33H,2-3,6-7,12-19,26H2,1H3,(H,42,53)(H,43,45). The second-order valence-electron chi connectivity index (χ2n) is 14.6. The molecule has 1 saturated carbocycles. The molecule has 2 N–H and O–H groups in total. The number of piperidine rings is 1. The molecule has 0 bridgehead atoms. The molecule has 54 heavy (non-hydrogen) atoms. The molecule has 8 rings (SSSR count). The fraction of sp³-hybridized carbons (Fsp3) is 0.425. The van der Waals surface area contributed by atoms with E-state index in [2.05, 4.69) is 64.9 Å². The van der Waals surface area contributed by atoms with Crippen molar-refractivity contribution in [3.8, 4) is 28.0 Å². The second kappa shape index (κ2) is 15.9. The predicted octanol–water partition coefficient (Wildman–Crippen LogP) is 5.21. The molecule has 1 amide bonds. The molecule has 14 heteroatoms. The van der Waals surface area contributed by atoms with Crippen LogP contribution in [0.1, 0.15) is 55.6 Å². The van der Waals surface area contributed by atoms with E-state index in [1.165, 1.54) is 5.69 Å². The van der Waals surface area contributed by atoms with Crippen LogP contribution in [0.4, 0.5) is 16.5 Å². The van der Waals surface area contributed by atoms with Gasteiger partial charge >= 0.3 is 0 Å². The third kappa shape index (κ3) is 7.78.